The number of aromatic nitrogens is 3. The number of ether oxygens (including phenoxy) is 2. The van der Waals surface area contributed by atoms with Crippen LogP contribution in [-0.2, 0) is 9.84 Å². The summed E-state index contributed by atoms with van der Waals surface area (Å²) in [5.74, 6) is 1.02. The third-order valence-electron chi connectivity index (χ3n) is 6.14. The van der Waals surface area contributed by atoms with Crippen LogP contribution in [0.1, 0.15) is 11.1 Å². The van der Waals surface area contributed by atoms with E-state index in [2.05, 4.69) is 0 Å². The Hall–Kier alpha value is -4.11. The maximum absolute atomic E-state index is 13.9. The van der Waals surface area contributed by atoms with Crippen LogP contribution >= 0.6 is 0 Å². The highest BCUT2D eigenvalue weighted by molar-refractivity contribution is 7.92. The number of rotatable bonds is 5. The molecule has 3 aromatic carbocycles. The molecule has 0 amide bonds. The van der Waals surface area contributed by atoms with Crippen molar-refractivity contribution in [2.45, 2.75) is 23.6 Å². The van der Waals surface area contributed by atoms with Gasteiger partial charge in [0.1, 0.15) is 16.2 Å². The zero-order valence-corrected chi connectivity index (χ0v) is 20.6. The summed E-state index contributed by atoms with van der Waals surface area (Å²) in [5.41, 5.74) is 10.7. The monoisotopic (exact) mass is 488 g/mol. The second-order valence-corrected chi connectivity index (χ2v) is 10.1. The van der Waals surface area contributed by atoms with Gasteiger partial charge in [0.25, 0.3) is 0 Å². The quantitative estimate of drug-likeness (QED) is 0.384. The van der Waals surface area contributed by atoms with Crippen LogP contribution < -0.4 is 15.2 Å². The fraction of sp³-hybridized carbons (Fsp3) is 0.154. The first-order valence-electron chi connectivity index (χ1n) is 10.9. The van der Waals surface area contributed by atoms with Crippen molar-refractivity contribution in [1.29, 1.82) is 0 Å². The number of aryl methyl sites for hydroxylation is 2. The lowest BCUT2D eigenvalue weighted by Crippen LogP contribution is -2.08. The lowest BCUT2D eigenvalue weighted by Gasteiger charge is -2.12. The van der Waals surface area contributed by atoms with Crippen LogP contribution in [0, 0.1) is 13.8 Å². The van der Waals surface area contributed by atoms with Crippen molar-refractivity contribution >= 4 is 37.9 Å². The molecule has 8 nitrogen and oxygen atoms in total. The number of hydrogen-bond donors (Lipinski definition) is 1. The first-order valence-corrected chi connectivity index (χ1v) is 12.4. The Balaban J connectivity index is 1.88. The van der Waals surface area contributed by atoms with E-state index in [1.54, 1.807) is 54.1 Å². The summed E-state index contributed by atoms with van der Waals surface area (Å²) in [7, 11) is -0.950. The highest BCUT2D eigenvalue weighted by Crippen LogP contribution is 2.39. The van der Waals surface area contributed by atoms with Crippen molar-refractivity contribution in [1.82, 2.24) is 14.5 Å². The number of hydrogen-bond acceptors (Lipinski definition) is 7. The van der Waals surface area contributed by atoms with Gasteiger partial charge in [-0.1, -0.05) is 18.2 Å². The molecule has 0 atom stereocenters. The molecule has 35 heavy (non-hydrogen) atoms. The zero-order chi connectivity index (χ0) is 24.9. The fourth-order valence-corrected chi connectivity index (χ4v) is 5.70. The van der Waals surface area contributed by atoms with Crippen LogP contribution in [0.4, 0.5) is 5.82 Å². The average Bonchev–Trinajstić information content (AvgIpc) is 3.14. The molecule has 0 unspecified atom stereocenters. The van der Waals surface area contributed by atoms with Gasteiger partial charge >= 0.3 is 0 Å². The van der Waals surface area contributed by atoms with E-state index in [-0.39, 0.29) is 21.1 Å². The molecule has 0 saturated heterocycles. The smallest absolute Gasteiger partial charge is 0.212 e. The number of nitrogens with zero attached hydrogens (tertiary/aromatic N) is 3. The summed E-state index contributed by atoms with van der Waals surface area (Å²) in [6.45, 7) is 3.80. The van der Waals surface area contributed by atoms with E-state index in [9.17, 15) is 8.42 Å². The first kappa shape index (κ1) is 22.7. The molecule has 5 aromatic rings. The van der Waals surface area contributed by atoms with Gasteiger partial charge in [-0.25, -0.2) is 18.4 Å². The molecule has 0 fully saturated rings. The molecule has 9 heteroatoms. The van der Waals surface area contributed by atoms with Gasteiger partial charge in [-0.3, -0.25) is 4.57 Å². The zero-order valence-electron chi connectivity index (χ0n) is 19.7. The number of benzene rings is 3. The molecular formula is C26H24N4O4S. The molecular weight excluding hydrogens is 464 g/mol. The van der Waals surface area contributed by atoms with Crippen molar-refractivity contribution in [3.8, 4) is 17.2 Å². The number of anilines is 1. The molecule has 0 spiro atoms. The minimum Gasteiger partial charge on any atom is -0.493 e. The molecule has 0 aliphatic heterocycles. The van der Waals surface area contributed by atoms with Crippen molar-refractivity contribution in [3.05, 3.63) is 71.8 Å². The Morgan fingerprint density at radius 3 is 2.17 bits per heavy atom. The molecule has 0 saturated carbocycles. The first-order chi connectivity index (χ1) is 16.8. The van der Waals surface area contributed by atoms with Gasteiger partial charge in [0.2, 0.25) is 9.84 Å². The Labute approximate surface area is 202 Å². The number of nitrogen functional groups attached to an aromatic ring is 1. The number of fused-ring (bicyclic) bond motifs is 2. The predicted octanol–water partition coefficient (Wildman–Crippen LogP) is 4.62. The normalized spacial score (nSPS) is 11.8. The van der Waals surface area contributed by atoms with Crippen LogP contribution in [-0.4, -0.2) is 37.2 Å². The summed E-state index contributed by atoms with van der Waals surface area (Å²) in [6, 6.07) is 17.5. The van der Waals surface area contributed by atoms with E-state index in [0.29, 0.717) is 33.9 Å². The molecule has 178 valence electrons. The van der Waals surface area contributed by atoms with Crippen molar-refractivity contribution < 1.29 is 17.9 Å². The van der Waals surface area contributed by atoms with E-state index in [1.807, 2.05) is 32.0 Å². The molecule has 0 aliphatic rings. The lowest BCUT2D eigenvalue weighted by molar-refractivity contribution is 0.355. The van der Waals surface area contributed by atoms with Crippen LogP contribution in [0.3, 0.4) is 0 Å². The van der Waals surface area contributed by atoms with Gasteiger partial charge in [0.05, 0.1) is 35.8 Å². The van der Waals surface area contributed by atoms with E-state index in [4.69, 9.17) is 25.2 Å². The largest absolute Gasteiger partial charge is 0.493 e. The average molecular weight is 489 g/mol. The fourth-order valence-electron chi connectivity index (χ4n) is 4.13. The van der Waals surface area contributed by atoms with Gasteiger partial charge in [0.15, 0.2) is 17.1 Å². The SMILES string of the molecule is COc1ccc(-n2c(N)c(S(=O)(=O)c3ccc(C)c(C)c3)c3nc4ccccc4nc32)cc1OC. The van der Waals surface area contributed by atoms with E-state index in [0.717, 1.165) is 11.1 Å². The second-order valence-electron chi connectivity index (χ2n) is 8.22. The van der Waals surface area contributed by atoms with Crippen LogP contribution in [0.2, 0.25) is 0 Å². The Morgan fingerprint density at radius 2 is 1.51 bits per heavy atom. The molecule has 5 rings (SSSR count). The molecule has 0 bridgehead atoms. The number of methoxy groups -OCH3 is 2. The standard InChI is InChI=1S/C26H24N4O4S/c1-15-9-11-18(13-16(15)2)35(31,32)24-23-26(29-20-8-6-5-7-19(20)28-23)30(25(24)27)17-10-12-21(33-3)22(14-17)34-4/h5-14H,27H2,1-4H3. The van der Waals surface area contributed by atoms with Gasteiger partial charge < -0.3 is 15.2 Å². The summed E-state index contributed by atoms with van der Waals surface area (Å²) >= 11 is 0. The number of sulfone groups is 1. The van der Waals surface area contributed by atoms with Crippen molar-refractivity contribution in [2.75, 3.05) is 20.0 Å². The van der Waals surface area contributed by atoms with Crippen molar-refractivity contribution in [2.24, 2.45) is 0 Å². The van der Waals surface area contributed by atoms with Crippen LogP contribution in [0.5, 0.6) is 11.5 Å². The third-order valence-corrected chi connectivity index (χ3v) is 7.95. The summed E-state index contributed by atoms with van der Waals surface area (Å²) < 4.78 is 40.3. The summed E-state index contributed by atoms with van der Waals surface area (Å²) in [6.07, 6.45) is 0. The third kappa shape index (κ3) is 3.55. The maximum atomic E-state index is 13.9. The minimum atomic E-state index is -4.02. The number of nitrogens with two attached hydrogens (primary N) is 1. The Morgan fingerprint density at radius 1 is 0.829 bits per heavy atom. The predicted molar refractivity (Wildman–Crippen MR) is 135 cm³/mol. The van der Waals surface area contributed by atoms with Crippen LogP contribution in [0.15, 0.2) is 70.5 Å². The Kier molecular flexibility index (Phi) is 5.36. The van der Waals surface area contributed by atoms with E-state index < -0.39 is 9.84 Å². The molecule has 2 N–H and O–H groups in total. The van der Waals surface area contributed by atoms with E-state index in [1.165, 1.54) is 7.11 Å². The highest BCUT2D eigenvalue weighted by atomic mass is 32.2. The molecule has 2 aromatic heterocycles. The van der Waals surface area contributed by atoms with Gasteiger partial charge in [-0.2, -0.15) is 0 Å². The Bertz CT molecular complexity index is 1730. The lowest BCUT2D eigenvalue weighted by atomic mass is 10.1. The van der Waals surface area contributed by atoms with Crippen LogP contribution in [0.25, 0.3) is 27.9 Å². The van der Waals surface area contributed by atoms with Crippen molar-refractivity contribution in [3.63, 3.8) is 0 Å². The maximum Gasteiger partial charge on any atom is 0.212 e. The van der Waals surface area contributed by atoms with Gasteiger partial charge in [-0.05, 0) is 61.4 Å². The van der Waals surface area contributed by atoms with Gasteiger partial charge in [0, 0.05) is 6.07 Å². The molecule has 2 heterocycles. The number of para-hydroxylation sites is 2. The minimum absolute atomic E-state index is 0.0146. The molecule has 0 radical (unpaired) electrons. The topological polar surface area (TPSA) is 109 Å². The summed E-state index contributed by atoms with van der Waals surface area (Å²) in [4.78, 5) is 9.52. The molecule has 0 aliphatic carbocycles. The van der Waals surface area contributed by atoms with Gasteiger partial charge in [-0.15, -0.1) is 0 Å². The summed E-state index contributed by atoms with van der Waals surface area (Å²) in [5, 5.41) is 0. The highest BCUT2D eigenvalue weighted by Gasteiger charge is 2.31. The van der Waals surface area contributed by atoms with E-state index >= 15 is 0 Å². The second kappa shape index (κ2) is 8.28.